The van der Waals surface area contributed by atoms with Gasteiger partial charge in [0.1, 0.15) is 5.75 Å². The molecule has 2 aromatic carbocycles. The highest BCUT2D eigenvalue weighted by molar-refractivity contribution is 6.32. The van der Waals surface area contributed by atoms with Gasteiger partial charge in [0.25, 0.3) is 0 Å². The molecule has 0 amide bonds. The van der Waals surface area contributed by atoms with E-state index in [4.69, 9.17) is 11.6 Å². The fourth-order valence-corrected chi connectivity index (χ4v) is 1.56. The van der Waals surface area contributed by atoms with Crippen LogP contribution >= 0.6 is 11.6 Å². The normalized spacial score (nSPS) is 10.3. The minimum Gasteiger partial charge on any atom is -0.506 e. The lowest BCUT2D eigenvalue weighted by molar-refractivity contribution is 0.476. The van der Waals surface area contributed by atoms with E-state index in [0.29, 0.717) is 5.02 Å². The molecule has 0 bridgehead atoms. The predicted molar refractivity (Wildman–Crippen MR) is 63.3 cm³/mol. The lowest BCUT2D eigenvalue weighted by Gasteiger charge is -2.04. The zero-order valence-electron chi connectivity index (χ0n) is 8.37. The van der Waals surface area contributed by atoms with Gasteiger partial charge in [-0.25, -0.2) is 0 Å². The lowest BCUT2D eigenvalue weighted by Crippen LogP contribution is -1.78. The van der Waals surface area contributed by atoms with Crippen molar-refractivity contribution in [1.29, 1.82) is 0 Å². The Balaban J connectivity index is 2.45. The van der Waals surface area contributed by atoms with Gasteiger partial charge in [-0.3, -0.25) is 0 Å². The van der Waals surface area contributed by atoms with Gasteiger partial charge in [0.15, 0.2) is 0 Å². The highest BCUT2D eigenvalue weighted by Crippen LogP contribution is 2.29. The summed E-state index contributed by atoms with van der Waals surface area (Å²) in [7, 11) is 0. The first-order chi connectivity index (χ1) is 7.16. The van der Waals surface area contributed by atoms with Crippen LogP contribution in [0.25, 0.3) is 11.1 Å². The van der Waals surface area contributed by atoms with E-state index in [9.17, 15) is 5.11 Å². The zero-order valence-corrected chi connectivity index (χ0v) is 9.12. The van der Waals surface area contributed by atoms with Crippen molar-refractivity contribution in [2.45, 2.75) is 6.92 Å². The number of aromatic hydroxyl groups is 1. The summed E-state index contributed by atoms with van der Waals surface area (Å²) in [5, 5.41) is 9.86. The molecule has 2 aromatic rings. The van der Waals surface area contributed by atoms with Crippen molar-refractivity contribution in [2.75, 3.05) is 0 Å². The van der Waals surface area contributed by atoms with E-state index in [1.807, 2.05) is 37.3 Å². The van der Waals surface area contributed by atoms with Crippen LogP contribution in [0.4, 0.5) is 0 Å². The number of benzene rings is 2. The highest BCUT2D eigenvalue weighted by atomic mass is 35.5. The molecular formula is C13H11ClO. The van der Waals surface area contributed by atoms with Crippen LogP contribution in [0.15, 0.2) is 42.5 Å². The molecule has 15 heavy (non-hydrogen) atoms. The van der Waals surface area contributed by atoms with Gasteiger partial charge in [0, 0.05) is 0 Å². The maximum atomic E-state index is 9.48. The van der Waals surface area contributed by atoms with Crippen LogP contribution in [0.2, 0.25) is 5.02 Å². The summed E-state index contributed by atoms with van der Waals surface area (Å²) >= 11 is 5.74. The Morgan fingerprint density at radius 1 is 0.933 bits per heavy atom. The molecule has 0 aliphatic carbocycles. The van der Waals surface area contributed by atoms with Crippen molar-refractivity contribution in [2.24, 2.45) is 0 Å². The van der Waals surface area contributed by atoms with Gasteiger partial charge < -0.3 is 5.11 Å². The smallest absolute Gasteiger partial charge is 0.134 e. The molecule has 2 rings (SSSR count). The number of phenolic OH excluding ortho intramolecular Hbond substituents is 1. The van der Waals surface area contributed by atoms with Gasteiger partial charge in [-0.15, -0.1) is 0 Å². The summed E-state index contributed by atoms with van der Waals surface area (Å²) < 4.78 is 0. The van der Waals surface area contributed by atoms with Crippen molar-refractivity contribution in [3.8, 4) is 16.9 Å². The van der Waals surface area contributed by atoms with E-state index in [1.54, 1.807) is 12.1 Å². The molecule has 76 valence electrons. The van der Waals surface area contributed by atoms with Gasteiger partial charge >= 0.3 is 0 Å². The van der Waals surface area contributed by atoms with Gasteiger partial charge in [0.05, 0.1) is 5.02 Å². The fraction of sp³-hybridized carbons (Fsp3) is 0.0769. The predicted octanol–water partition coefficient (Wildman–Crippen LogP) is 4.02. The summed E-state index contributed by atoms with van der Waals surface area (Å²) in [5.74, 6) is 0.120. The summed E-state index contributed by atoms with van der Waals surface area (Å²) in [6.07, 6.45) is 0. The van der Waals surface area contributed by atoms with Crippen LogP contribution in [0, 0.1) is 6.92 Å². The first-order valence-electron chi connectivity index (χ1n) is 4.72. The van der Waals surface area contributed by atoms with Crippen molar-refractivity contribution in [3.63, 3.8) is 0 Å². The molecule has 0 aliphatic rings. The van der Waals surface area contributed by atoms with E-state index in [2.05, 4.69) is 0 Å². The molecule has 0 spiro atoms. The number of hydrogen-bond donors (Lipinski definition) is 1. The van der Waals surface area contributed by atoms with E-state index < -0.39 is 0 Å². The second-order valence-electron chi connectivity index (χ2n) is 3.53. The summed E-state index contributed by atoms with van der Waals surface area (Å²) in [6.45, 7) is 2.04. The minimum absolute atomic E-state index is 0.120. The summed E-state index contributed by atoms with van der Waals surface area (Å²) in [6, 6.07) is 13.4. The van der Waals surface area contributed by atoms with Crippen LogP contribution < -0.4 is 0 Å². The van der Waals surface area contributed by atoms with Crippen LogP contribution in [-0.4, -0.2) is 5.11 Å². The average molecular weight is 219 g/mol. The Morgan fingerprint density at radius 3 is 2.13 bits per heavy atom. The molecule has 0 unspecified atom stereocenters. The molecule has 0 aliphatic heterocycles. The summed E-state index contributed by atoms with van der Waals surface area (Å²) in [4.78, 5) is 0. The molecule has 0 saturated heterocycles. The van der Waals surface area contributed by atoms with E-state index in [-0.39, 0.29) is 5.75 Å². The first kappa shape index (κ1) is 10.1. The van der Waals surface area contributed by atoms with Crippen LogP contribution in [0.5, 0.6) is 5.75 Å². The first-order valence-corrected chi connectivity index (χ1v) is 5.10. The Kier molecular flexibility index (Phi) is 2.65. The largest absolute Gasteiger partial charge is 0.506 e. The molecule has 0 aromatic heterocycles. The SMILES string of the molecule is Cc1ccc(-c2ccc(Cl)c(O)c2)cc1. The van der Waals surface area contributed by atoms with Crippen molar-refractivity contribution < 1.29 is 5.11 Å². The fourth-order valence-electron chi connectivity index (χ4n) is 1.44. The second-order valence-corrected chi connectivity index (χ2v) is 3.94. The van der Waals surface area contributed by atoms with Gasteiger partial charge in [-0.05, 0) is 30.2 Å². The Hall–Kier alpha value is -1.47. The Morgan fingerprint density at radius 2 is 1.53 bits per heavy atom. The third-order valence-electron chi connectivity index (χ3n) is 2.33. The zero-order chi connectivity index (χ0) is 10.8. The molecule has 0 heterocycles. The molecule has 0 saturated carbocycles. The molecule has 0 radical (unpaired) electrons. The third kappa shape index (κ3) is 2.13. The minimum atomic E-state index is 0.120. The van der Waals surface area contributed by atoms with Crippen molar-refractivity contribution in [3.05, 3.63) is 53.1 Å². The molecule has 1 N–H and O–H groups in total. The van der Waals surface area contributed by atoms with Crippen molar-refractivity contribution in [1.82, 2.24) is 0 Å². The average Bonchev–Trinajstić information content (AvgIpc) is 2.23. The maximum absolute atomic E-state index is 9.48. The van der Waals surface area contributed by atoms with Crippen LogP contribution in [0.1, 0.15) is 5.56 Å². The highest BCUT2D eigenvalue weighted by Gasteiger charge is 2.01. The second kappa shape index (κ2) is 3.95. The number of aryl methyl sites for hydroxylation is 1. The number of halogens is 1. The third-order valence-corrected chi connectivity index (χ3v) is 2.65. The monoisotopic (exact) mass is 218 g/mol. The summed E-state index contributed by atoms with van der Waals surface area (Å²) in [5.41, 5.74) is 3.27. The van der Waals surface area contributed by atoms with Gasteiger partial charge in [-0.2, -0.15) is 0 Å². The lowest BCUT2D eigenvalue weighted by atomic mass is 10.0. The molecule has 2 heteroatoms. The van der Waals surface area contributed by atoms with Gasteiger partial charge in [0.2, 0.25) is 0 Å². The topological polar surface area (TPSA) is 20.2 Å². The molecule has 0 fully saturated rings. The van der Waals surface area contributed by atoms with Crippen molar-refractivity contribution >= 4 is 11.6 Å². The molecule has 1 nitrogen and oxygen atoms in total. The molecule has 0 atom stereocenters. The molecular weight excluding hydrogens is 208 g/mol. The van der Waals surface area contributed by atoms with Crippen LogP contribution in [0.3, 0.4) is 0 Å². The van der Waals surface area contributed by atoms with E-state index in [1.165, 1.54) is 5.56 Å². The van der Waals surface area contributed by atoms with Crippen LogP contribution in [-0.2, 0) is 0 Å². The Labute approximate surface area is 94.0 Å². The van der Waals surface area contributed by atoms with Gasteiger partial charge in [-0.1, -0.05) is 47.5 Å². The number of rotatable bonds is 1. The number of phenols is 1. The Bertz CT molecular complexity index is 474. The number of hydrogen-bond acceptors (Lipinski definition) is 1. The van der Waals surface area contributed by atoms with E-state index >= 15 is 0 Å². The quantitative estimate of drug-likeness (QED) is 0.767. The van der Waals surface area contributed by atoms with E-state index in [0.717, 1.165) is 11.1 Å². The standard InChI is InChI=1S/C13H11ClO/c1-9-2-4-10(5-3-9)11-6-7-12(14)13(15)8-11/h2-8,15H,1H3. The maximum Gasteiger partial charge on any atom is 0.134 e.